The first-order chi connectivity index (χ1) is 8.89. The molecular weight excluding hydrogens is 266 g/mol. The fourth-order valence-corrected chi connectivity index (χ4v) is 4.07. The lowest BCUT2D eigenvalue weighted by Crippen LogP contribution is -2.55. The second-order valence-electron chi connectivity index (χ2n) is 5.69. The predicted octanol–water partition coefficient (Wildman–Crippen LogP) is -0.716. The Hall–Kier alpha value is -0.960. The SMILES string of the molecule is CC(C)N1Cc2ccnn2CC2(CNS(=O)(=O)N2)C1. The second-order valence-corrected chi connectivity index (χ2v) is 7.19. The molecule has 3 rings (SSSR count). The van der Waals surface area contributed by atoms with Crippen LogP contribution in [0.1, 0.15) is 19.5 Å². The molecule has 1 aromatic heterocycles. The molecule has 1 aromatic rings. The third-order valence-corrected chi connectivity index (χ3v) is 5.04. The van der Waals surface area contributed by atoms with Crippen molar-refractivity contribution >= 4 is 10.2 Å². The summed E-state index contributed by atoms with van der Waals surface area (Å²) in [5, 5.41) is 4.30. The van der Waals surface area contributed by atoms with Crippen LogP contribution in [0.4, 0.5) is 0 Å². The van der Waals surface area contributed by atoms with E-state index in [1.807, 2.05) is 10.7 Å². The molecule has 7 nitrogen and oxygen atoms in total. The van der Waals surface area contributed by atoms with E-state index in [9.17, 15) is 8.42 Å². The molecule has 1 fully saturated rings. The summed E-state index contributed by atoms with van der Waals surface area (Å²) in [7, 11) is -3.37. The van der Waals surface area contributed by atoms with Gasteiger partial charge in [-0.25, -0.2) is 4.72 Å². The smallest absolute Gasteiger partial charge is 0.277 e. The van der Waals surface area contributed by atoms with E-state index in [1.54, 1.807) is 6.20 Å². The van der Waals surface area contributed by atoms with Crippen LogP contribution in [-0.4, -0.2) is 47.8 Å². The van der Waals surface area contributed by atoms with Gasteiger partial charge in [-0.2, -0.15) is 18.2 Å². The molecule has 2 N–H and O–H groups in total. The third kappa shape index (κ3) is 2.40. The van der Waals surface area contributed by atoms with E-state index in [1.165, 1.54) is 0 Å². The zero-order valence-electron chi connectivity index (χ0n) is 11.1. The van der Waals surface area contributed by atoms with Crippen molar-refractivity contribution in [1.82, 2.24) is 24.1 Å². The lowest BCUT2D eigenvalue weighted by Gasteiger charge is -2.32. The molecule has 1 atom stereocenters. The minimum absolute atomic E-state index is 0.350. The van der Waals surface area contributed by atoms with Gasteiger partial charge in [0.15, 0.2) is 0 Å². The van der Waals surface area contributed by atoms with Gasteiger partial charge in [-0.1, -0.05) is 0 Å². The van der Waals surface area contributed by atoms with Crippen LogP contribution in [-0.2, 0) is 23.3 Å². The summed E-state index contributed by atoms with van der Waals surface area (Å²) < 4.78 is 30.6. The fraction of sp³-hybridized carbons (Fsp3) is 0.727. The average Bonchev–Trinajstić information content (AvgIpc) is 2.80. The summed E-state index contributed by atoms with van der Waals surface area (Å²) in [6, 6.07) is 2.34. The number of hydrogen-bond donors (Lipinski definition) is 2. The maximum absolute atomic E-state index is 11.7. The highest BCUT2D eigenvalue weighted by atomic mass is 32.2. The third-order valence-electron chi connectivity index (χ3n) is 3.81. The summed E-state index contributed by atoms with van der Waals surface area (Å²) in [4.78, 5) is 2.27. The van der Waals surface area contributed by atoms with Crippen LogP contribution in [0.15, 0.2) is 12.3 Å². The van der Waals surface area contributed by atoms with Crippen LogP contribution >= 0.6 is 0 Å². The molecule has 0 bridgehead atoms. The van der Waals surface area contributed by atoms with Crippen molar-refractivity contribution in [3.05, 3.63) is 18.0 Å². The van der Waals surface area contributed by atoms with Crippen molar-refractivity contribution < 1.29 is 8.42 Å². The van der Waals surface area contributed by atoms with Crippen LogP contribution < -0.4 is 9.44 Å². The average molecular weight is 285 g/mol. The Bertz CT molecular complexity index is 582. The first kappa shape index (κ1) is 13.0. The van der Waals surface area contributed by atoms with E-state index in [2.05, 4.69) is 33.3 Å². The monoisotopic (exact) mass is 285 g/mol. The number of nitrogens with one attached hydrogen (secondary N) is 2. The Morgan fingerprint density at radius 1 is 1.42 bits per heavy atom. The van der Waals surface area contributed by atoms with Gasteiger partial charge >= 0.3 is 0 Å². The van der Waals surface area contributed by atoms with Gasteiger partial charge in [0.1, 0.15) is 0 Å². The van der Waals surface area contributed by atoms with Crippen LogP contribution in [0.3, 0.4) is 0 Å². The molecule has 0 amide bonds. The Kier molecular flexibility index (Phi) is 2.93. The molecule has 2 aliphatic heterocycles. The Labute approximate surface area is 113 Å². The van der Waals surface area contributed by atoms with Gasteiger partial charge in [0.05, 0.1) is 17.8 Å². The lowest BCUT2D eigenvalue weighted by molar-refractivity contribution is 0.164. The molecule has 1 unspecified atom stereocenters. The van der Waals surface area contributed by atoms with Crippen molar-refractivity contribution in [2.75, 3.05) is 13.1 Å². The van der Waals surface area contributed by atoms with Gasteiger partial charge in [-0.15, -0.1) is 0 Å². The molecule has 106 valence electrons. The predicted molar refractivity (Wildman–Crippen MR) is 70.6 cm³/mol. The zero-order chi connectivity index (χ0) is 13.7. The summed E-state index contributed by atoms with van der Waals surface area (Å²) in [5.74, 6) is 0. The Balaban J connectivity index is 1.98. The van der Waals surface area contributed by atoms with Crippen LogP contribution in [0.2, 0.25) is 0 Å². The molecule has 1 saturated heterocycles. The molecule has 3 heterocycles. The van der Waals surface area contributed by atoms with E-state index >= 15 is 0 Å². The number of fused-ring (bicyclic) bond motifs is 1. The second kappa shape index (κ2) is 4.27. The summed E-state index contributed by atoms with van der Waals surface area (Å²) in [5.41, 5.74) is 0.608. The van der Waals surface area contributed by atoms with Crippen molar-refractivity contribution in [1.29, 1.82) is 0 Å². The van der Waals surface area contributed by atoms with E-state index in [0.29, 0.717) is 25.7 Å². The van der Waals surface area contributed by atoms with Gasteiger partial charge in [0.2, 0.25) is 0 Å². The maximum atomic E-state index is 11.7. The van der Waals surface area contributed by atoms with Gasteiger partial charge < -0.3 is 0 Å². The quantitative estimate of drug-likeness (QED) is 0.714. The number of aromatic nitrogens is 2. The molecule has 2 aliphatic rings. The normalized spacial score (nSPS) is 30.7. The van der Waals surface area contributed by atoms with Crippen LogP contribution in [0.5, 0.6) is 0 Å². The van der Waals surface area contributed by atoms with E-state index in [0.717, 1.165) is 12.2 Å². The van der Waals surface area contributed by atoms with Gasteiger partial charge in [0, 0.05) is 31.9 Å². The molecular formula is C11H19N5O2S. The van der Waals surface area contributed by atoms with Gasteiger partial charge in [0.25, 0.3) is 10.2 Å². The van der Waals surface area contributed by atoms with E-state index < -0.39 is 15.7 Å². The summed E-state index contributed by atoms with van der Waals surface area (Å²) >= 11 is 0. The number of hydrogen-bond acceptors (Lipinski definition) is 4. The van der Waals surface area contributed by atoms with Crippen molar-refractivity contribution in [3.8, 4) is 0 Å². The first-order valence-electron chi connectivity index (χ1n) is 6.42. The summed E-state index contributed by atoms with van der Waals surface area (Å²) in [6.07, 6.45) is 1.77. The highest BCUT2D eigenvalue weighted by Crippen LogP contribution is 2.23. The van der Waals surface area contributed by atoms with Gasteiger partial charge in [-0.3, -0.25) is 9.58 Å². The number of nitrogens with zero attached hydrogens (tertiary/aromatic N) is 3. The van der Waals surface area contributed by atoms with E-state index in [-0.39, 0.29) is 0 Å². The summed E-state index contributed by atoms with van der Waals surface area (Å²) in [6.45, 7) is 6.68. The van der Waals surface area contributed by atoms with Crippen molar-refractivity contribution in [3.63, 3.8) is 0 Å². The maximum Gasteiger partial charge on any atom is 0.277 e. The topological polar surface area (TPSA) is 79.3 Å². The molecule has 0 saturated carbocycles. The van der Waals surface area contributed by atoms with Crippen LogP contribution in [0, 0.1) is 0 Å². The highest BCUT2D eigenvalue weighted by Gasteiger charge is 2.45. The van der Waals surface area contributed by atoms with Crippen molar-refractivity contribution in [2.24, 2.45) is 0 Å². The van der Waals surface area contributed by atoms with E-state index in [4.69, 9.17) is 0 Å². The molecule has 0 radical (unpaired) electrons. The standard InChI is InChI=1S/C11H19N5O2S/c1-9(2)15-5-10-3-4-12-16(10)8-11(7-15)6-13-19(17,18)14-11/h3-4,9,13-14H,5-8H2,1-2H3. The first-order valence-corrected chi connectivity index (χ1v) is 7.91. The largest absolute Gasteiger partial charge is 0.293 e. The minimum Gasteiger partial charge on any atom is -0.293 e. The van der Waals surface area contributed by atoms with Crippen molar-refractivity contribution in [2.45, 2.75) is 38.5 Å². The molecule has 19 heavy (non-hydrogen) atoms. The van der Waals surface area contributed by atoms with Gasteiger partial charge in [-0.05, 0) is 19.9 Å². The minimum atomic E-state index is -3.37. The Morgan fingerprint density at radius 2 is 2.21 bits per heavy atom. The highest BCUT2D eigenvalue weighted by molar-refractivity contribution is 7.87. The Morgan fingerprint density at radius 3 is 2.84 bits per heavy atom. The lowest BCUT2D eigenvalue weighted by atomic mass is 10.0. The fourth-order valence-electron chi connectivity index (χ4n) is 2.76. The molecule has 0 aliphatic carbocycles. The van der Waals surface area contributed by atoms with Crippen LogP contribution in [0.25, 0.3) is 0 Å². The zero-order valence-corrected chi connectivity index (χ0v) is 11.9. The molecule has 8 heteroatoms. The molecule has 1 spiro atoms. The molecule has 0 aromatic carbocycles. The number of rotatable bonds is 1.